The smallest absolute Gasteiger partial charge is 0.257 e. The van der Waals surface area contributed by atoms with Gasteiger partial charge in [0.1, 0.15) is 0 Å². The van der Waals surface area contributed by atoms with Gasteiger partial charge in [-0.15, -0.1) is 0 Å². The highest BCUT2D eigenvalue weighted by Gasteiger charge is 2.08. The molecular formula is C17H23N2O. The molecule has 0 aliphatic carbocycles. The van der Waals surface area contributed by atoms with E-state index in [4.69, 9.17) is 4.52 Å². The van der Waals surface area contributed by atoms with Gasteiger partial charge in [-0.25, -0.2) is 0 Å². The Hall–Kier alpha value is -1.64. The van der Waals surface area contributed by atoms with Crippen molar-refractivity contribution in [1.82, 2.24) is 10.1 Å². The highest BCUT2D eigenvalue weighted by molar-refractivity contribution is 5.53. The molecule has 0 saturated heterocycles. The molecule has 2 rings (SSSR count). The van der Waals surface area contributed by atoms with Crippen LogP contribution in [0.4, 0.5) is 0 Å². The molecule has 0 N–H and O–H groups in total. The normalized spacial score (nSPS) is 10.9. The van der Waals surface area contributed by atoms with Crippen molar-refractivity contribution in [1.29, 1.82) is 0 Å². The van der Waals surface area contributed by atoms with Crippen molar-refractivity contribution in [3.63, 3.8) is 0 Å². The summed E-state index contributed by atoms with van der Waals surface area (Å²) in [6.45, 7) is 6.10. The highest BCUT2D eigenvalue weighted by Crippen LogP contribution is 2.18. The third-order valence-electron chi connectivity index (χ3n) is 3.42. The monoisotopic (exact) mass is 271 g/mol. The number of benzene rings is 1. The van der Waals surface area contributed by atoms with Crippen LogP contribution in [-0.2, 0) is 6.42 Å². The van der Waals surface area contributed by atoms with E-state index in [1.807, 2.05) is 24.3 Å². The van der Waals surface area contributed by atoms with Crippen molar-refractivity contribution >= 4 is 0 Å². The van der Waals surface area contributed by atoms with Crippen LogP contribution in [0.15, 0.2) is 28.8 Å². The molecule has 1 aromatic carbocycles. The Labute approximate surface area is 121 Å². The molecule has 0 amide bonds. The summed E-state index contributed by atoms with van der Waals surface area (Å²) in [4.78, 5) is 4.45. The number of aromatic nitrogens is 2. The molecule has 1 aromatic heterocycles. The van der Waals surface area contributed by atoms with E-state index in [0.29, 0.717) is 5.89 Å². The largest absolute Gasteiger partial charge is 0.334 e. The fourth-order valence-corrected chi connectivity index (χ4v) is 2.18. The van der Waals surface area contributed by atoms with Gasteiger partial charge in [0, 0.05) is 12.0 Å². The highest BCUT2D eigenvalue weighted by atomic mass is 16.5. The Morgan fingerprint density at radius 2 is 1.70 bits per heavy atom. The minimum Gasteiger partial charge on any atom is -0.334 e. The van der Waals surface area contributed by atoms with Crippen LogP contribution in [0.3, 0.4) is 0 Å². The minimum absolute atomic E-state index is 0.603. The molecule has 3 heteroatoms. The first-order chi connectivity index (χ1) is 9.79. The van der Waals surface area contributed by atoms with Crippen LogP contribution in [0, 0.1) is 6.92 Å². The number of hydrogen-bond acceptors (Lipinski definition) is 3. The van der Waals surface area contributed by atoms with Gasteiger partial charge < -0.3 is 4.52 Å². The fourth-order valence-electron chi connectivity index (χ4n) is 2.18. The van der Waals surface area contributed by atoms with E-state index in [2.05, 4.69) is 24.0 Å². The van der Waals surface area contributed by atoms with Crippen LogP contribution in [0.1, 0.15) is 56.8 Å². The molecule has 1 radical (unpaired) electrons. The average molecular weight is 271 g/mol. The Balaban J connectivity index is 1.79. The van der Waals surface area contributed by atoms with E-state index >= 15 is 0 Å². The second kappa shape index (κ2) is 7.83. The summed E-state index contributed by atoms with van der Waals surface area (Å²) < 4.78 is 5.30. The first kappa shape index (κ1) is 14.8. The van der Waals surface area contributed by atoms with Gasteiger partial charge in [0.25, 0.3) is 5.89 Å². The van der Waals surface area contributed by atoms with E-state index in [0.717, 1.165) is 29.8 Å². The topological polar surface area (TPSA) is 38.9 Å². The molecule has 0 fully saturated rings. The van der Waals surface area contributed by atoms with Crippen LogP contribution in [-0.4, -0.2) is 10.1 Å². The lowest BCUT2D eigenvalue weighted by molar-refractivity contribution is 0.421. The van der Waals surface area contributed by atoms with Gasteiger partial charge in [-0.2, -0.15) is 4.98 Å². The third kappa shape index (κ3) is 4.48. The fraction of sp³-hybridized carbons (Fsp3) is 0.471. The second-order valence-corrected chi connectivity index (χ2v) is 5.23. The minimum atomic E-state index is 0.603. The van der Waals surface area contributed by atoms with Gasteiger partial charge >= 0.3 is 0 Å². The van der Waals surface area contributed by atoms with E-state index in [9.17, 15) is 0 Å². The van der Waals surface area contributed by atoms with Crippen molar-refractivity contribution in [2.75, 3.05) is 0 Å². The van der Waals surface area contributed by atoms with Crippen molar-refractivity contribution in [3.05, 3.63) is 42.6 Å². The Morgan fingerprint density at radius 1 is 1.00 bits per heavy atom. The van der Waals surface area contributed by atoms with Crippen LogP contribution in [0.2, 0.25) is 0 Å². The number of aryl methyl sites for hydroxylation is 1. The zero-order valence-electron chi connectivity index (χ0n) is 12.3. The van der Waals surface area contributed by atoms with Crippen LogP contribution >= 0.6 is 0 Å². The van der Waals surface area contributed by atoms with Crippen molar-refractivity contribution in [2.24, 2.45) is 0 Å². The summed E-state index contributed by atoms with van der Waals surface area (Å²) in [5, 5.41) is 4.05. The molecular weight excluding hydrogens is 248 g/mol. The second-order valence-electron chi connectivity index (χ2n) is 5.23. The summed E-state index contributed by atoms with van der Waals surface area (Å²) in [5.74, 6) is 1.42. The molecule has 20 heavy (non-hydrogen) atoms. The predicted octanol–water partition coefficient (Wildman–Crippen LogP) is 4.82. The van der Waals surface area contributed by atoms with E-state index < -0.39 is 0 Å². The molecule has 2 aromatic rings. The van der Waals surface area contributed by atoms with Crippen LogP contribution in [0.5, 0.6) is 0 Å². The van der Waals surface area contributed by atoms with Crippen molar-refractivity contribution < 1.29 is 4.52 Å². The van der Waals surface area contributed by atoms with Gasteiger partial charge in [-0.3, -0.25) is 0 Å². The summed E-state index contributed by atoms with van der Waals surface area (Å²) in [6, 6.07) is 7.83. The predicted molar refractivity (Wildman–Crippen MR) is 81.3 cm³/mol. The zero-order chi connectivity index (χ0) is 14.2. The number of hydrogen-bond donors (Lipinski definition) is 0. The number of rotatable bonds is 8. The zero-order valence-corrected chi connectivity index (χ0v) is 12.3. The molecule has 107 valence electrons. The lowest BCUT2D eigenvalue weighted by atomic mass is 10.1. The average Bonchev–Trinajstić information content (AvgIpc) is 2.92. The third-order valence-corrected chi connectivity index (χ3v) is 3.42. The molecule has 3 nitrogen and oxygen atoms in total. The maximum absolute atomic E-state index is 5.30. The lowest BCUT2D eigenvalue weighted by Gasteiger charge is -1.97. The summed E-state index contributed by atoms with van der Waals surface area (Å²) in [7, 11) is 0. The Kier molecular flexibility index (Phi) is 5.78. The van der Waals surface area contributed by atoms with Crippen molar-refractivity contribution in [2.45, 2.75) is 51.9 Å². The first-order valence-electron chi connectivity index (χ1n) is 7.54. The first-order valence-corrected chi connectivity index (χ1v) is 7.54. The number of unbranched alkanes of at least 4 members (excludes halogenated alkanes) is 5. The molecule has 0 atom stereocenters. The molecule has 0 spiro atoms. The Bertz CT molecular complexity index is 502. The molecule has 0 aliphatic rings. The summed E-state index contributed by atoms with van der Waals surface area (Å²) >= 11 is 0. The van der Waals surface area contributed by atoms with Crippen molar-refractivity contribution in [3.8, 4) is 11.5 Å². The molecule has 0 unspecified atom stereocenters. The maximum Gasteiger partial charge on any atom is 0.257 e. The molecule has 0 aliphatic heterocycles. The SMILES string of the molecule is [CH2]c1ccc(-c2nc(CCCCCCCC)no2)cc1. The summed E-state index contributed by atoms with van der Waals surface area (Å²) in [5.41, 5.74) is 1.94. The number of nitrogens with zero attached hydrogens (tertiary/aromatic N) is 2. The Morgan fingerprint density at radius 3 is 2.45 bits per heavy atom. The van der Waals surface area contributed by atoms with Gasteiger partial charge in [0.15, 0.2) is 5.82 Å². The lowest BCUT2D eigenvalue weighted by Crippen LogP contribution is -1.89. The van der Waals surface area contributed by atoms with Crippen LogP contribution < -0.4 is 0 Å². The van der Waals surface area contributed by atoms with Gasteiger partial charge in [0.2, 0.25) is 0 Å². The van der Waals surface area contributed by atoms with Gasteiger partial charge in [0.05, 0.1) is 0 Å². The van der Waals surface area contributed by atoms with Gasteiger partial charge in [-0.05, 0) is 31.0 Å². The maximum atomic E-state index is 5.30. The molecule has 1 heterocycles. The quantitative estimate of drug-likeness (QED) is 0.646. The van der Waals surface area contributed by atoms with E-state index in [1.165, 1.54) is 32.1 Å². The molecule has 0 bridgehead atoms. The molecule has 0 saturated carbocycles. The van der Waals surface area contributed by atoms with Gasteiger partial charge in [-0.1, -0.05) is 56.3 Å². The standard InChI is InChI=1S/C17H23N2O/c1-3-4-5-6-7-8-9-16-18-17(20-19-16)15-12-10-14(2)11-13-15/h10-13H,2-9H2,1H3. The van der Waals surface area contributed by atoms with E-state index in [-0.39, 0.29) is 0 Å². The van der Waals surface area contributed by atoms with Crippen LogP contribution in [0.25, 0.3) is 11.5 Å². The summed E-state index contributed by atoms with van der Waals surface area (Å²) in [6.07, 6.45) is 8.58. The van der Waals surface area contributed by atoms with E-state index in [1.54, 1.807) is 0 Å².